The Hall–Kier alpha value is -2.26. The number of aromatic nitrogens is 3. The summed E-state index contributed by atoms with van der Waals surface area (Å²) in [5.41, 5.74) is -1.44. The number of rotatable bonds is 5. The summed E-state index contributed by atoms with van der Waals surface area (Å²) < 4.78 is 2.32. The predicted octanol–water partition coefficient (Wildman–Crippen LogP) is 1.11. The van der Waals surface area contributed by atoms with Gasteiger partial charge >= 0.3 is 11.1 Å². The molecular formula is C11H13ClN4O5. The monoisotopic (exact) mass is 316 g/mol. The summed E-state index contributed by atoms with van der Waals surface area (Å²) in [6.07, 6.45) is 1.10. The quantitative estimate of drug-likeness (QED) is 0.560. The van der Waals surface area contributed by atoms with Crippen molar-refractivity contribution in [2.24, 2.45) is 0 Å². The second-order valence-electron chi connectivity index (χ2n) is 4.89. The lowest BCUT2D eigenvalue weighted by Crippen LogP contribution is -2.35. The van der Waals surface area contributed by atoms with Gasteiger partial charge < -0.3 is 25.4 Å². The molecule has 0 aliphatic rings. The standard InChI is InChI=1S/C11H13ClN4O5/c1-11(19,6-15-8(17)2-3-9(15)18)5-14-4-7(16(20)21)13-10(14)12/h2-4,17-19H,5-6H2,1H3. The van der Waals surface area contributed by atoms with E-state index in [1.807, 2.05) is 0 Å². The summed E-state index contributed by atoms with van der Waals surface area (Å²) in [7, 11) is 0. The van der Waals surface area contributed by atoms with Crippen LogP contribution < -0.4 is 0 Å². The van der Waals surface area contributed by atoms with Gasteiger partial charge in [-0.1, -0.05) is 0 Å². The topological polar surface area (TPSA) is 127 Å². The van der Waals surface area contributed by atoms with Crippen molar-refractivity contribution in [2.75, 3.05) is 0 Å². The summed E-state index contributed by atoms with van der Waals surface area (Å²) in [5, 5.41) is 39.9. The van der Waals surface area contributed by atoms with Crippen LogP contribution >= 0.6 is 11.6 Å². The zero-order chi connectivity index (χ0) is 15.8. The van der Waals surface area contributed by atoms with E-state index in [1.54, 1.807) is 0 Å². The van der Waals surface area contributed by atoms with Crippen molar-refractivity contribution in [2.45, 2.75) is 25.6 Å². The van der Waals surface area contributed by atoms with E-state index >= 15 is 0 Å². The molecule has 2 rings (SSSR count). The van der Waals surface area contributed by atoms with E-state index in [1.165, 1.54) is 23.6 Å². The second-order valence-corrected chi connectivity index (χ2v) is 5.22. The molecule has 0 radical (unpaired) electrons. The second kappa shape index (κ2) is 5.26. The molecule has 0 aliphatic carbocycles. The van der Waals surface area contributed by atoms with E-state index in [4.69, 9.17) is 11.6 Å². The van der Waals surface area contributed by atoms with E-state index in [0.29, 0.717) is 0 Å². The highest BCUT2D eigenvalue weighted by Crippen LogP contribution is 2.26. The SMILES string of the molecule is CC(O)(Cn1cc([N+](=O)[O-])nc1Cl)Cn1c(O)ccc1O. The Morgan fingerprint density at radius 2 is 1.95 bits per heavy atom. The van der Waals surface area contributed by atoms with Gasteiger partial charge in [-0.3, -0.25) is 9.13 Å². The largest absolute Gasteiger partial charge is 0.494 e. The number of aromatic hydroxyl groups is 2. The van der Waals surface area contributed by atoms with Crippen LogP contribution in [0.1, 0.15) is 6.92 Å². The molecule has 114 valence electrons. The first kappa shape index (κ1) is 15.1. The molecule has 0 aromatic carbocycles. The number of nitro groups is 1. The third-order valence-corrected chi connectivity index (χ3v) is 3.15. The van der Waals surface area contributed by atoms with E-state index in [2.05, 4.69) is 4.98 Å². The van der Waals surface area contributed by atoms with Gasteiger partial charge in [-0.15, -0.1) is 0 Å². The molecule has 2 aromatic rings. The normalized spacial score (nSPS) is 14.0. The molecule has 0 amide bonds. The predicted molar refractivity (Wildman–Crippen MR) is 72.3 cm³/mol. The lowest BCUT2D eigenvalue weighted by molar-refractivity contribution is -0.389. The maximum Gasteiger partial charge on any atom is 0.383 e. The smallest absolute Gasteiger partial charge is 0.383 e. The fourth-order valence-corrected chi connectivity index (χ4v) is 2.14. The van der Waals surface area contributed by atoms with Crippen molar-refractivity contribution >= 4 is 17.4 Å². The van der Waals surface area contributed by atoms with Crippen molar-refractivity contribution in [3.63, 3.8) is 0 Å². The molecule has 0 bridgehead atoms. The third-order valence-electron chi connectivity index (χ3n) is 2.85. The van der Waals surface area contributed by atoms with Crippen LogP contribution in [0.3, 0.4) is 0 Å². The summed E-state index contributed by atoms with van der Waals surface area (Å²) in [6, 6.07) is 2.56. The van der Waals surface area contributed by atoms with Crippen molar-refractivity contribution < 1.29 is 20.2 Å². The molecule has 10 heteroatoms. The number of halogens is 1. The molecule has 21 heavy (non-hydrogen) atoms. The molecule has 2 heterocycles. The van der Waals surface area contributed by atoms with Crippen molar-refractivity contribution in [3.8, 4) is 11.8 Å². The molecule has 2 aromatic heterocycles. The van der Waals surface area contributed by atoms with Gasteiger partial charge in [0, 0.05) is 12.1 Å². The molecule has 1 unspecified atom stereocenters. The van der Waals surface area contributed by atoms with Crippen LogP contribution in [-0.4, -0.2) is 40.0 Å². The van der Waals surface area contributed by atoms with Crippen LogP contribution in [0.4, 0.5) is 5.82 Å². The van der Waals surface area contributed by atoms with Crippen LogP contribution in [-0.2, 0) is 13.1 Å². The van der Waals surface area contributed by atoms with Gasteiger partial charge in [0.25, 0.3) is 0 Å². The Labute approximate surface area is 123 Å². The van der Waals surface area contributed by atoms with E-state index in [0.717, 1.165) is 10.8 Å². The minimum absolute atomic E-state index is 0.107. The van der Waals surface area contributed by atoms with Crippen LogP contribution in [0.5, 0.6) is 11.8 Å². The average Bonchev–Trinajstić information content (AvgIpc) is 2.87. The van der Waals surface area contributed by atoms with Crippen LogP contribution in [0.25, 0.3) is 0 Å². The fraction of sp³-hybridized carbons (Fsp3) is 0.364. The molecule has 0 fully saturated rings. The summed E-state index contributed by atoms with van der Waals surface area (Å²) in [6.45, 7) is 1.19. The van der Waals surface area contributed by atoms with Gasteiger partial charge in [-0.2, -0.15) is 0 Å². The highest BCUT2D eigenvalue weighted by atomic mass is 35.5. The Morgan fingerprint density at radius 3 is 2.43 bits per heavy atom. The number of imidazole rings is 1. The molecule has 0 saturated carbocycles. The Balaban J connectivity index is 2.19. The molecule has 1 atom stereocenters. The molecule has 0 aliphatic heterocycles. The fourth-order valence-electron chi connectivity index (χ4n) is 1.95. The maximum absolute atomic E-state index is 10.6. The zero-order valence-corrected chi connectivity index (χ0v) is 11.7. The minimum Gasteiger partial charge on any atom is -0.494 e. The van der Waals surface area contributed by atoms with Crippen molar-refractivity contribution in [1.29, 1.82) is 0 Å². The molecule has 0 spiro atoms. The first-order chi connectivity index (χ1) is 9.69. The van der Waals surface area contributed by atoms with Crippen LogP contribution in [0, 0.1) is 10.1 Å². The van der Waals surface area contributed by atoms with Crippen molar-refractivity contribution in [1.82, 2.24) is 14.1 Å². The summed E-state index contributed by atoms with van der Waals surface area (Å²) >= 11 is 5.77. The van der Waals surface area contributed by atoms with Gasteiger partial charge in [0.05, 0.1) is 18.7 Å². The van der Waals surface area contributed by atoms with Crippen molar-refractivity contribution in [3.05, 3.63) is 33.7 Å². The lowest BCUT2D eigenvalue weighted by Gasteiger charge is -2.24. The highest BCUT2D eigenvalue weighted by molar-refractivity contribution is 6.28. The Bertz CT molecular complexity index is 659. The van der Waals surface area contributed by atoms with Gasteiger partial charge in [-0.05, 0) is 28.4 Å². The third kappa shape index (κ3) is 3.26. The number of hydrogen-bond acceptors (Lipinski definition) is 6. The Kier molecular flexibility index (Phi) is 3.79. The first-order valence-corrected chi connectivity index (χ1v) is 6.24. The van der Waals surface area contributed by atoms with Crippen LogP contribution in [0.2, 0.25) is 5.28 Å². The number of aliphatic hydroxyl groups is 1. The highest BCUT2D eigenvalue weighted by Gasteiger charge is 2.28. The minimum atomic E-state index is -1.44. The van der Waals surface area contributed by atoms with Gasteiger partial charge in [-0.25, -0.2) is 0 Å². The van der Waals surface area contributed by atoms with Gasteiger partial charge in [0.1, 0.15) is 6.20 Å². The van der Waals surface area contributed by atoms with Gasteiger partial charge in [0.15, 0.2) is 11.8 Å². The van der Waals surface area contributed by atoms with Crippen LogP contribution in [0.15, 0.2) is 18.3 Å². The lowest BCUT2D eigenvalue weighted by atomic mass is 10.1. The summed E-state index contributed by atoms with van der Waals surface area (Å²) in [4.78, 5) is 13.5. The van der Waals surface area contributed by atoms with E-state index in [9.17, 15) is 25.4 Å². The Morgan fingerprint density at radius 1 is 1.38 bits per heavy atom. The molecule has 3 N–H and O–H groups in total. The molecular weight excluding hydrogens is 304 g/mol. The van der Waals surface area contributed by atoms with Gasteiger partial charge in [0.2, 0.25) is 0 Å². The molecule has 9 nitrogen and oxygen atoms in total. The van der Waals surface area contributed by atoms with E-state index in [-0.39, 0.29) is 30.1 Å². The summed E-state index contributed by atoms with van der Waals surface area (Å²) in [5.74, 6) is -0.853. The zero-order valence-electron chi connectivity index (χ0n) is 11.0. The molecule has 0 saturated heterocycles. The number of hydrogen-bond donors (Lipinski definition) is 3. The average molecular weight is 317 g/mol. The number of nitrogens with zero attached hydrogens (tertiary/aromatic N) is 4. The van der Waals surface area contributed by atoms with E-state index < -0.39 is 16.3 Å². The first-order valence-electron chi connectivity index (χ1n) is 5.86. The maximum atomic E-state index is 10.6.